The number of hydrogen-bond donors (Lipinski definition) is 0. The van der Waals surface area contributed by atoms with Crippen LogP contribution in [-0.2, 0) is 0 Å². The summed E-state index contributed by atoms with van der Waals surface area (Å²) in [6.45, 7) is 0. The normalized spacial score (nSPS) is 18.8. The molecule has 0 bridgehead atoms. The van der Waals surface area contributed by atoms with Crippen molar-refractivity contribution >= 4 is 0 Å². The highest BCUT2D eigenvalue weighted by atomic mass is 16.5. The van der Waals surface area contributed by atoms with E-state index in [4.69, 9.17) is 4.74 Å². The molecule has 3 heteroatoms. The van der Waals surface area contributed by atoms with E-state index in [0.29, 0.717) is 0 Å². The lowest BCUT2D eigenvalue weighted by Crippen LogP contribution is -2.41. The largest absolute Gasteiger partial charge is 0.496 e. The molecule has 0 aliphatic heterocycles. The summed E-state index contributed by atoms with van der Waals surface area (Å²) in [5.74, 6) is 0.873. The predicted octanol–water partition coefficient (Wildman–Crippen LogP) is 2.99. The highest BCUT2D eigenvalue weighted by molar-refractivity contribution is 5.39. The molecule has 2 rings (SSSR count). The zero-order valence-corrected chi connectivity index (χ0v) is 11.3. The van der Waals surface area contributed by atoms with Crippen molar-refractivity contribution in [2.75, 3.05) is 21.2 Å². The third-order valence-corrected chi connectivity index (χ3v) is 3.94. The molecule has 0 N–H and O–H groups in total. The molecule has 0 radical (unpaired) electrons. The van der Waals surface area contributed by atoms with E-state index in [1.165, 1.54) is 0 Å². The van der Waals surface area contributed by atoms with Gasteiger partial charge < -0.3 is 9.64 Å². The van der Waals surface area contributed by atoms with Crippen LogP contribution in [0.4, 0.5) is 0 Å². The van der Waals surface area contributed by atoms with Gasteiger partial charge in [-0.1, -0.05) is 24.6 Å². The summed E-state index contributed by atoms with van der Waals surface area (Å²) in [7, 11) is 5.76. The quantitative estimate of drug-likeness (QED) is 0.817. The van der Waals surface area contributed by atoms with E-state index in [-0.39, 0.29) is 11.5 Å². The lowest BCUT2D eigenvalue weighted by molar-refractivity contribution is 0.0730. The SMILES string of the molecule is COc1ccccc1C(N(C)C)C1(C#N)CCC1. The first kappa shape index (κ1) is 12.9. The van der Waals surface area contributed by atoms with E-state index in [0.717, 1.165) is 30.6 Å². The average molecular weight is 244 g/mol. The van der Waals surface area contributed by atoms with Gasteiger partial charge in [-0.2, -0.15) is 5.26 Å². The van der Waals surface area contributed by atoms with Gasteiger partial charge in [-0.15, -0.1) is 0 Å². The van der Waals surface area contributed by atoms with Gasteiger partial charge >= 0.3 is 0 Å². The Bertz CT molecular complexity index is 458. The number of hydrogen-bond acceptors (Lipinski definition) is 3. The molecule has 1 aromatic carbocycles. The smallest absolute Gasteiger partial charge is 0.123 e. The molecule has 1 atom stereocenters. The molecule has 18 heavy (non-hydrogen) atoms. The van der Waals surface area contributed by atoms with Crippen LogP contribution in [0.5, 0.6) is 5.75 Å². The van der Waals surface area contributed by atoms with Crippen LogP contribution in [-0.4, -0.2) is 26.1 Å². The minimum atomic E-state index is -0.252. The van der Waals surface area contributed by atoms with Crippen LogP contribution >= 0.6 is 0 Å². The fraction of sp³-hybridized carbons (Fsp3) is 0.533. The number of nitriles is 1. The topological polar surface area (TPSA) is 36.3 Å². The van der Waals surface area contributed by atoms with Crippen molar-refractivity contribution in [1.82, 2.24) is 4.90 Å². The van der Waals surface area contributed by atoms with Crippen LogP contribution in [0, 0.1) is 16.7 Å². The third kappa shape index (κ3) is 1.97. The van der Waals surface area contributed by atoms with Crippen molar-refractivity contribution in [2.24, 2.45) is 5.41 Å². The lowest BCUT2D eigenvalue weighted by Gasteiger charge is -2.45. The average Bonchev–Trinajstić information content (AvgIpc) is 2.33. The van der Waals surface area contributed by atoms with Crippen molar-refractivity contribution < 1.29 is 4.74 Å². The van der Waals surface area contributed by atoms with Gasteiger partial charge in [0.05, 0.1) is 24.6 Å². The van der Waals surface area contributed by atoms with E-state index in [9.17, 15) is 5.26 Å². The summed E-state index contributed by atoms with van der Waals surface area (Å²) in [6.07, 6.45) is 3.10. The standard InChI is InChI=1S/C15H20N2O/c1-17(2)14(15(11-16)9-6-10-15)12-7-4-5-8-13(12)18-3/h4-5,7-8,14H,6,9-10H2,1-3H3. The first-order chi connectivity index (χ1) is 8.64. The van der Waals surface area contributed by atoms with Gasteiger partial charge in [-0.25, -0.2) is 0 Å². The summed E-state index contributed by atoms with van der Waals surface area (Å²) >= 11 is 0. The second-order valence-corrected chi connectivity index (χ2v) is 5.23. The molecular formula is C15H20N2O. The molecule has 3 nitrogen and oxygen atoms in total. The Kier molecular flexibility index (Phi) is 3.58. The summed E-state index contributed by atoms with van der Waals surface area (Å²) < 4.78 is 5.45. The molecule has 1 aromatic rings. The van der Waals surface area contributed by atoms with E-state index >= 15 is 0 Å². The van der Waals surface area contributed by atoms with Gasteiger partial charge in [-0.05, 0) is 33.0 Å². The maximum Gasteiger partial charge on any atom is 0.123 e. The molecule has 0 spiro atoms. The Morgan fingerprint density at radius 1 is 1.33 bits per heavy atom. The monoisotopic (exact) mass is 244 g/mol. The Morgan fingerprint density at radius 2 is 2.00 bits per heavy atom. The van der Waals surface area contributed by atoms with Crippen LogP contribution in [0.1, 0.15) is 30.9 Å². The van der Waals surface area contributed by atoms with Crippen molar-refractivity contribution in [3.63, 3.8) is 0 Å². The molecule has 1 aliphatic rings. The Hall–Kier alpha value is -1.53. The molecule has 1 fully saturated rings. The first-order valence-electron chi connectivity index (χ1n) is 6.35. The van der Waals surface area contributed by atoms with Gasteiger partial charge in [0.25, 0.3) is 0 Å². The van der Waals surface area contributed by atoms with Crippen molar-refractivity contribution in [3.05, 3.63) is 29.8 Å². The molecule has 1 unspecified atom stereocenters. The zero-order chi connectivity index (χ0) is 13.2. The Balaban J connectivity index is 2.45. The number of para-hydroxylation sites is 1. The highest BCUT2D eigenvalue weighted by Gasteiger charge is 2.47. The fourth-order valence-electron chi connectivity index (χ4n) is 2.97. The zero-order valence-electron chi connectivity index (χ0n) is 11.3. The van der Waals surface area contributed by atoms with Gasteiger partial charge in [0.1, 0.15) is 5.75 Å². The van der Waals surface area contributed by atoms with Gasteiger partial charge in [0, 0.05) is 5.56 Å². The summed E-state index contributed by atoms with van der Waals surface area (Å²) in [5.41, 5.74) is 0.865. The maximum absolute atomic E-state index is 9.56. The van der Waals surface area contributed by atoms with Crippen LogP contribution in [0.2, 0.25) is 0 Å². The van der Waals surface area contributed by atoms with Crippen molar-refractivity contribution in [1.29, 1.82) is 5.26 Å². The lowest BCUT2D eigenvalue weighted by atomic mass is 9.63. The van der Waals surface area contributed by atoms with E-state index < -0.39 is 0 Å². The summed E-state index contributed by atoms with van der Waals surface area (Å²) in [6, 6.07) is 10.7. The molecule has 1 saturated carbocycles. The maximum atomic E-state index is 9.56. The number of nitrogens with zero attached hydrogens (tertiary/aromatic N) is 2. The van der Waals surface area contributed by atoms with Crippen molar-refractivity contribution in [3.8, 4) is 11.8 Å². The van der Waals surface area contributed by atoms with Crippen LogP contribution in [0.25, 0.3) is 0 Å². The molecule has 0 aromatic heterocycles. The Morgan fingerprint density at radius 3 is 2.44 bits per heavy atom. The molecular weight excluding hydrogens is 224 g/mol. The predicted molar refractivity (Wildman–Crippen MR) is 71.3 cm³/mol. The van der Waals surface area contributed by atoms with E-state index in [2.05, 4.69) is 17.0 Å². The Labute approximate surface area is 109 Å². The molecule has 0 saturated heterocycles. The number of methoxy groups -OCH3 is 1. The number of ether oxygens (including phenoxy) is 1. The molecule has 1 aliphatic carbocycles. The van der Waals surface area contributed by atoms with Gasteiger partial charge in [0.15, 0.2) is 0 Å². The minimum absolute atomic E-state index is 0.104. The van der Waals surface area contributed by atoms with Crippen molar-refractivity contribution in [2.45, 2.75) is 25.3 Å². The van der Waals surface area contributed by atoms with Crippen LogP contribution in [0.15, 0.2) is 24.3 Å². The van der Waals surface area contributed by atoms with E-state index in [1.54, 1.807) is 7.11 Å². The number of benzene rings is 1. The third-order valence-electron chi connectivity index (χ3n) is 3.94. The summed E-state index contributed by atoms with van der Waals surface area (Å²) in [4.78, 5) is 2.14. The van der Waals surface area contributed by atoms with Gasteiger partial charge in [0.2, 0.25) is 0 Å². The highest BCUT2D eigenvalue weighted by Crippen LogP contribution is 2.53. The van der Waals surface area contributed by atoms with Crippen LogP contribution in [0.3, 0.4) is 0 Å². The minimum Gasteiger partial charge on any atom is -0.496 e. The molecule has 0 heterocycles. The second-order valence-electron chi connectivity index (χ2n) is 5.23. The molecule has 0 amide bonds. The second kappa shape index (κ2) is 4.99. The van der Waals surface area contributed by atoms with Gasteiger partial charge in [-0.3, -0.25) is 0 Å². The number of rotatable bonds is 4. The van der Waals surface area contributed by atoms with E-state index in [1.807, 2.05) is 32.3 Å². The van der Waals surface area contributed by atoms with Crippen LogP contribution < -0.4 is 4.74 Å². The first-order valence-corrected chi connectivity index (χ1v) is 6.35. The summed E-state index contributed by atoms with van der Waals surface area (Å²) in [5, 5.41) is 9.56. The fourth-order valence-corrected chi connectivity index (χ4v) is 2.97. The molecule has 96 valence electrons.